The minimum absolute atomic E-state index is 0.114. The SMILES string of the molecule is COC(=O)c1c(O)c2c(n(Cc3ccc(OC)cc3OC)c1=O)-c1c(n(C)c3c(Br)cccc13)CCC2. The van der Waals surface area contributed by atoms with Crippen LogP contribution in [0.4, 0.5) is 0 Å². The van der Waals surface area contributed by atoms with Crippen molar-refractivity contribution < 1.29 is 24.1 Å². The molecule has 1 aliphatic rings. The van der Waals surface area contributed by atoms with Crippen LogP contribution in [0, 0.1) is 0 Å². The van der Waals surface area contributed by atoms with Gasteiger partial charge in [-0.25, -0.2) is 4.79 Å². The molecule has 0 bridgehead atoms. The van der Waals surface area contributed by atoms with E-state index in [1.165, 1.54) is 7.11 Å². The molecule has 9 heteroatoms. The Morgan fingerprint density at radius 2 is 1.89 bits per heavy atom. The maximum Gasteiger partial charge on any atom is 0.347 e. The van der Waals surface area contributed by atoms with Gasteiger partial charge >= 0.3 is 5.97 Å². The zero-order valence-electron chi connectivity index (χ0n) is 21.1. The fraction of sp³-hybridized carbons (Fsp3) is 0.286. The van der Waals surface area contributed by atoms with Gasteiger partial charge in [0, 0.05) is 45.4 Å². The van der Waals surface area contributed by atoms with Gasteiger partial charge in [0.2, 0.25) is 0 Å². The molecular formula is C28H27BrN2O6. The van der Waals surface area contributed by atoms with Crippen molar-refractivity contribution in [1.82, 2.24) is 9.13 Å². The van der Waals surface area contributed by atoms with Gasteiger partial charge in [0.05, 0.1) is 39.1 Å². The number of carbonyl (C=O) groups excluding carboxylic acids is 1. The molecular weight excluding hydrogens is 540 g/mol. The number of ether oxygens (including phenoxy) is 3. The first-order valence-electron chi connectivity index (χ1n) is 11.9. The van der Waals surface area contributed by atoms with Gasteiger partial charge in [0.15, 0.2) is 5.56 Å². The number of nitrogens with zero attached hydrogens (tertiary/aromatic N) is 2. The Bertz CT molecular complexity index is 1620. The number of fused-ring (bicyclic) bond motifs is 5. The summed E-state index contributed by atoms with van der Waals surface area (Å²) in [5.74, 6) is -0.0216. The van der Waals surface area contributed by atoms with Crippen LogP contribution >= 0.6 is 15.9 Å². The number of aryl methyl sites for hydroxylation is 1. The molecule has 8 nitrogen and oxygen atoms in total. The van der Waals surface area contributed by atoms with Gasteiger partial charge < -0.3 is 28.5 Å². The van der Waals surface area contributed by atoms with Gasteiger partial charge in [0.25, 0.3) is 5.56 Å². The predicted octanol–water partition coefficient (Wildman–Crippen LogP) is 4.82. The molecule has 2 aromatic carbocycles. The standard InChI is InChI=1S/C28H27BrN2O6/c1-30-20-10-6-8-18-25(22(20)17-7-5-9-19(29)24(17)30)31(27(33)23(26(18)32)28(34)37-4)14-15-11-12-16(35-2)13-21(15)36-3/h5,7,9,11-13,32H,6,8,10,14H2,1-4H3. The number of hydrogen-bond donors (Lipinski definition) is 1. The fourth-order valence-electron chi connectivity index (χ4n) is 5.38. The molecule has 1 N–H and O–H groups in total. The largest absolute Gasteiger partial charge is 0.506 e. The lowest BCUT2D eigenvalue weighted by atomic mass is 9.98. The van der Waals surface area contributed by atoms with Gasteiger partial charge in [-0.2, -0.15) is 0 Å². The van der Waals surface area contributed by atoms with Crippen LogP contribution in [0.15, 0.2) is 45.7 Å². The molecule has 0 fully saturated rings. The van der Waals surface area contributed by atoms with E-state index in [9.17, 15) is 14.7 Å². The van der Waals surface area contributed by atoms with E-state index < -0.39 is 11.5 Å². The Morgan fingerprint density at radius 3 is 2.59 bits per heavy atom. The summed E-state index contributed by atoms with van der Waals surface area (Å²) in [7, 11) is 6.33. The highest BCUT2D eigenvalue weighted by Crippen LogP contribution is 2.44. The number of hydrogen-bond acceptors (Lipinski definition) is 6. The van der Waals surface area contributed by atoms with E-state index in [1.54, 1.807) is 30.9 Å². The van der Waals surface area contributed by atoms with Crippen LogP contribution < -0.4 is 15.0 Å². The van der Waals surface area contributed by atoms with Crippen LogP contribution in [-0.4, -0.2) is 41.5 Å². The number of rotatable bonds is 5. The third-order valence-corrected chi connectivity index (χ3v) is 7.75. The van der Waals surface area contributed by atoms with Crippen molar-refractivity contribution in [2.24, 2.45) is 7.05 Å². The minimum Gasteiger partial charge on any atom is -0.506 e. The van der Waals surface area contributed by atoms with Crippen LogP contribution in [0.25, 0.3) is 22.2 Å². The van der Waals surface area contributed by atoms with Crippen molar-refractivity contribution in [3.63, 3.8) is 0 Å². The summed E-state index contributed by atoms with van der Waals surface area (Å²) >= 11 is 3.68. The number of aromatic nitrogens is 2. The van der Waals surface area contributed by atoms with E-state index in [1.807, 2.05) is 31.3 Å². The summed E-state index contributed by atoms with van der Waals surface area (Å²) in [4.78, 5) is 26.6. The van der Waals surface area contributed by atoms with Crippen molar-refractivity contribution in [3.05, 3.63) is 73.6 Å². The average Bonchev–Trinajstić information content (AvgIpc) is 3.05. The van der Waals surface area contributed by atoms with Gasteiger partial charge in [-0.3, -0.25) is 4.79 Å². The van der Waals surface area contributed by atoms with Crippen LogP contribution in [0.2, 0.25) is 0 Å². The van der Waals surface area contributed by atoms with E-state index in [0.717, 1.165) is 45.0 Å². The molecule has 5 rings (SSSR count). The van der Waals surface area contributed by atoms with Crippen LogP contribution in [0.1, 0.15) is 33.6 Å². The Morgan fingerprint density at radius 1 is 1.11 bits per heavy atom. The lowest BCUT2D eigenvalue weighted by Gasteiger charge is -2.21. The average molecular weight is 567 g/mol. The van der Waals surface area contributed by atoms with E-state index >= 15 is 0 Å². The molecule has 4 aromatic rings. The van der Waals surface area contributed by atoms with Crippen LogP contribution in [-0.2, 0) is 31.2 Å². The smallest absolute Gasteiger partial charge is 0.347 e. The Kier molecular flexibility index (Phi) is 6.49. The normalized spacial score (nSPS) is 12.6. The zero-order valence-corrected chi connectivity index (χ0v) is 22.6. The maximum atomic E-state index is 13.9. The third-order valence-electron chi connectivity index (χ3n) is 7.11. The second-order valence-electron chi connectivity index (χ2n) is 8.98. The first-order valence-corrected chi connectivity index (χ1v) is 12.7. The molecule has 0 amide bonds. The van der Waals surface area contributed by atoms with E-state index in [0.29, 0.717) is 29.2 Å². The van der Waals surface area contributed by atoms with E-state index in [4.69, 9.17) is 14.2 Å². The number of benzene rings is 2. The number of carbonyl (C=O) groups is 1. The highest BCUT2D eigenvalue weighted by atomic mass is 79.9. The Labute approximate surface area is 222 Å². The van der Waals surface area contributed by atoms with Crippen molar-refractivity contribution in [2.75, 3.05) is 21.3 Å². The Balaban J connectivity index is 1.90. The summed E-state index contributed by atoms with van der Waals surface area (Å²) in [6, 6.07) is 11.3. The monoisotopic (exact) mass is 566 g/mol. The molecule has 0 unspecified atom stereocenters. The van der Waals surface area contributed by atoms with Crippen molar-refractivity contribution in [1.29, 1.82) is 0 Å². The molecule has 37 heavy (non-hydrogen) atoms. The number of esters is 1. The summed E-state index contributed by atoms with van der Waals surface area (Å²) < 4.78 is 20.5. The van der Waals surface area contributed by atoms with Crippen molar-refractivity contribution in [2.45, 2.75) is 25.8 Å². The molecule has 192 valence electrons. The van der Waals surface area contributed by atoms with Gasteiger partial charge in [-0.15, -0.1) is 0 Å². The molecule has 2 aromatic heterocycles. The summed E-state index contributed by atoms with van der Waals surface area (Å²) in [5.41, 5.74) is 3.82. The summed E-state index contributed by atoms with van der Waals surface area (Å²) in [6.07, 6.45) is 1.98. The van der Waals surface area contributed by atoms with Gasteiger partial charge in [0.1, 0.15) is 17.2 Å². The third kappa shape index (κ3) is 3.89. The second kappa shape index (κ2) is 9.63. The second-order valence-corrected chi connectivity index (χ2v) is 9.84. The summed E-state index contributed by atoms with van der Waals surface area (Å²) in [5, 5.41) is 12.2. The predicted molar refractivity (Wildman–Crippen MR) is 144 cm³/mol. The quantitative estimate of drug-likeness (QED) is 0.348. The van der Waals surface area contributed by atoms with Crippen LogP contribution in [0.3, 0.4) is 0 Å². The first kappa shape index (κ1) is 25.0. The van der Waals surface area contributed by atoms with E-state index in [-0.39, 0.29) is 17.9 Å². The molecule has 0 atom stereocenters. The van der Waals surface area contributed by atoms with Gasteiger partial charge in [-0.05, 0) is 53.4 Å². The van der Waals surface area contributed by atoms with Crippen molar-refractivity contribution >= 4 is 32.8 Å². The van der Waals surface area contributed by atoms with Crippen LogP contribution in [0.5, 0.6) is 17.2 Å². The highest BCUT2D eigenvalue weighted by Gasteiger charge is 2.32. The van der Waals surface area contributed by atoms with Gasteiger partial charge in [-0.1, -0.05) is 12.1 Å². The molecule has 0 radical (unpaired) electrons. The van der Waals surface area contributed by atoms with E-state index in [2.05, 4.69) is 20.5 Å². The number of aromatic hydroxyl groups is 1. The molecule has 0 saturated heterocycles. The highest BCUT2D eigenvalue weighted by molar-refractivity contribution is 9.10. The first-order chi connectivity index (χ1) is 17.8. The lowest BCUT2D eigenvalue weighted by molar-refractivity contribution is 0.0594. The molecule has 1 aliphatic carbocycles. The fourth-order valence-corrected chi connectivity index (χ4v) is 6.01. The Hall–Kier alpha value is -3.72. The van der Waals surface area contributed by atoms with Crippen molar-refractivity contribution in [3.8, 4) is 28.5 Å². The lowest BCUT2D eigenvalue weighted by Crippen LogP contribution is -2.30. The zero-order chi connectivity index (χ0) is 26.4. The molecule has 0 saturated carbocycles. The number of para-hydroxylation sites is 1. The number of halogens is 1. The molecule has 0 spiro atoms. The molecule has 2 heterocycles. The number of pyridine rings is 1. The number of methoxy groups -OCH3 is 3. The summed E-state index contributed by atoms with van der Waals surface area (Å²) in [6.45, 7) is 0.114. The molecule has 0 aliphatic heterocycles. The minimum atomic E-state index is -0.870. The maximum absolute atomic E-state index is 13.9. The topological polar surface area (TPSA) is 91.9 Å².